The molecule has 1 saturated heterocycles. The molecule has 8 heteroatoms. The highest BCUT2D eigenvalue weighted by atomic mass is 79.9. The van der Waals surface area contributed by atoms with E-state index in [-0.39, 0.29) is 10.8 Å². The zero-order chi connectivity index (χ0) is 21.6. The molecule has 1 atom stereocenters. The van der Waals surface area contributed by atoms with E-state index in [0.717, 1.165) is 29.7 Å². The summed E-state index contributed by atoms with van der Waals surface area (Å²) in [5.74, 6) is -0.199. The molecule has 3 rings (SSSR count). The van der Waals surface area contributed by atoms with Gasteiger partial charge in [0.2, 0.25) is 15.9 Å². The van der Waals surface area contributed by atoms with Crippen LogP contribution in [0.4, 0.5) is 0 Å². The maximum Gasteiger partial charge on any atom is 0.241 e. The van der Waals surface area contributed by atoms with Crippen LogP contribution in [-0.2, 0) is 14.8 Å². The predicted molar refractivity (Wildman–Crippen MR) is 122 cm³/mol. The molecule has 1 aliphatic rings. The molecule has 0 unspecified atom stereocenters. The van der Waals surface area contributed by atoms with E-state index < -0.39 is 16.1 Å². The SMILES string of the molecule is C[C@@H](NS(=O)(=O)c1ccc(Br)cc1)C(=O)N1CCN(C/C=C/c2ccccc2)CC1. The van der Waals surface area contributed by atoms with E-state index in [1.54, 1.807) is 24.0 Å². The zero-order valence-corrected chi connectivity index (χ0v) is 19.3. The summed E-state index contributed by atoms with van der Waals surface area (Å²) in [6.45, 7) is 5.11. The number of amides is 1. The van der Waals surface area contributed by atoms with Crippen LogP contribution in [0.5, 0.6) is 0 Å². The van der Waals surface area contributed by atoms with Gasteiger partial charge in [0.15, 0.2) is 0 Å². The van der Waals surface area contributed by atoms with Crippen LogP contribution < -0.4 is 4.72 Å². The van der Waals surface area contributed by atoms with Gasteiger partial charge in [-0.2, -0.15) is 4.72 Å². The summed E-state index contributed by atoms with van der Waals surface area (Å²) in [7, 11) is -3.75. The van der Waals surface area contributed by atoms with E-state index in [9.17, 15) is 13.2 Å². The first-order valence-electron chi connectivity index (χ1n) is 9.86. The highest BCUT2D eigenvalue weighted by molar-refractivity contribution is 9.10. The standard InChI is InChI=1S/C22H26BrN3O3S/c1-18(24-30(28,29)21-11-9-20(23)10-12-21)22(27)26-16-14-25(15-17-26)13-5-8-19-6-3-2-4-7-19/h2-12,18,24H,13-17H2,1H3/b8-5+/t18-/m1/s1. The number of carbonyl (C=O) groups is 1. The summed E-state index contributed by atoms with van der Waals surface area (Å²) >= 11 is 3.29. The molecule has 0 radical (unpaired) electrons. The summed E-state index contributed by atoms with van der Waals surface area (Å²) < 4.78 is 28.3. The van der Waals surface area contributed by atoms with Crippen molar-refractivity contribution in [2.75, 3.05) is 32.7 Å². The lowest BCUT2D eigenvalue weighted by Gasteiger charge is -2.35. The van der Waals surface area contributed by atoms with Crippen molar-refractivity contribution in [2.45, 2.75) is 17.9 Å². The van der Waals surface area contributed by atoms with Crippen molar-refractivity contribution in [3.05, 3.63) is 70.7 Å². The van der Waals surface area contributed by atoms with E-state index in [0.29, 0.717) is 13.1 Å². The highest BCUT2D eigenvalue weighted by Crippen LogP contribution is 2.15. The number of carbonyl (C=O) groups excluding carboxylic acids is 1. The molecule has 0 spiro atoms. The molecular weight excluding hydrogens is 466 g/mol. The Hall–Kier alpha value is -2.00. The Morgan fingerprint density at radius 2 is 1.70 bits per heavy atom. The first-order valence-corrected chi connectivity index (χ1v) is 12.1. The third-order valence-electron chi connectivity index (χ3n) is 4.98. The van der Waals surface area contributed by atoms with Crippen LogP contribution in [0.1, 0.15) is 12.5 Å². The molecule has 2 aromatic rings. The minimum Gasteiger partial charge on any atom is -0.339 e. The van der Waals surface area contributed by atoms with Crippen LogP contribution in [0.2, 0.25) is 0 Å². The zero-order valence-electron chi connectivity index (χ0n) is 16.9. The summed E-state index contributed by atoms with van der Waals surface area (Å²) in [4.78, 5) is 16.9. The van der Waals surface area contributed by atoms with Gasteiger partial charge in [0, 0.05) is 37.2 Å². The summed E-state index contributed by atoms with van der Waals surface area (Å²) in [6.07, 6.45) is 4.22. The number of hydrogen-bond acceptors (Lipinski definition) is 4. The number of sulfonamides is 1. The second-order valence-electron chi connectivity index (χ2n) is 7.24. The van der Waals surface area contributed by atoms with Gasteiger partial charge in [0.05, 0.1) is 10.9 Å². The van der Waals surface area contributed by atoms with E-state index in [2.05, 4.69) is 49.8 Å². The molecule has 1 N–H and O–H groups in total. The van der Waals surface area contributed by atoms with Crippen LogP contribution in [-0.4, -0.2) is 62.9 Å². The third-order valence-corrected chi connectivity index (χ3v) is 7.07. The minimum absolute atomic E-state index is 0.139. The number of rotatable bonds is 7. The van der Waals surface area contributed by atoms with Gasteiger partial charge in [-0.15, -0.1) is 0 Å². The molecule has 0 bridgehead atoms. The molecule has 0 aromatic heterocycles. The molecule has 2 aromatic carbocycles. The fourth-order valence-electron chi connectivity index (χ4n) is 3.29. The summed E-state index contributed by atoms with van der Waals surface area (Å²) in [5, 5.41) is 0. The first-order chi connectivity index (χ1) is 14.3. The molecule has 1 aliphatic heterocycles. The fourth-order valence-corrected chi connectivity index (χ4v) is 4.75. The number of halogens is 1. The topological polar surface area (TPSA) is 69.7 Å². The minimum atomic E-state index is -3.75. The summed E-state index contributed by atoms with van der Waals surface area (Å²) in [5.41, 5.74) is 1.16. The Balaban J connectivity index is 1.48. The average molecular weight is 492 g/mol. The van der Waals surface area contributed by atoms with Crippen molar-refractivity contribution in [1.82, 2.24) is 14.5 Å². The van der Waals surface area contributed by atoms with Gasteiger partial charge in [-0.1, -0.05) is 58.4 Å². The van der Waals surface area contributed by atoms with Crippen LogP contribution in [0.15, 0.2) is 70.0 Å². The number of nitrogens with zero attached hydrogens (tertiary/aromatic N) is 2. The Morgan fingerprint density at radius 1 is 1.07 bits per heavy atom. The molecule has 1 amide bonds. The van der Waals surface area contributed by atoms with Gasteiger partial charge in [0.1, 0.15) is 0 Å². The third kappa shape index (κ3) is 6.25. The highest BCUT2D eigenvalue weighted by Gasteiger charge is 2.28. The van der Waals surface area contributed by atoms with Crippen molar-refractivity contribution in [2.24, 2.45) is 0 Å². The van der Waals surface area contributed by atoms with Gasteiger partial charge in [-0.25, -0.2) is 8.42 Å². The quantitative estimate of drug-likeness (QED) is 0.646. The number of nitrogens with one attached hydrogen (secondary N) is 1. The van der Waals surface area contributed by atoms with Gasteiger partial charge in [-0.05, 0) is 36.8 Å². The smallest absolute Gasteiger partial charge is 0.241 e. The molecule has 30 heavy (non-hydrogen) atoms. The van der Waals surface area contributed by atoms with E-state index >= 15 is 0 Å². The molecule has 1 fully saturated rings. The van der Waals surface area contributed by atoms with Gasteiger partial charge >= 0.3 is 0 Å². The van der Waals surface area contributed by atoms with Crippen LogP contribution in [0.3, 0.4) is 0 Å². The maximum atomic E-state index is 12.7. The molecule has 0 aliphatic carbocycles. The fraction of sp³-hybridized carbons (Fsp3) is 0.318. The summed E-state index contributed by atoms with van der Waals surface area (Å²) in [6, 6.07) is 15.6. The van der Waals surface area contributed by atoms with Gasteiger partial charge < -0.3 is 4.90 Å². The number of piperazine rings is 1. The van der Waals surface area contributed by atoms with Crippen molar-refractivity contribution >= 4 is 37.9 Å². The number of benzene rings is 2. The van der Waals surface area contributed by atoms with Gasteiger partial charge in [-0.3, -0.25) is 9.69 Å². The Morgan fingerprint density at radius 3 is 2.33 bits per heavy atom. The normalized spacial score (nSPS) is 16.7. The lowest BCUT2D eigenvalue weighted by molar-refractivity contribution is -0.134. The van der Waals surface area contributed by atoms with E-state index in [4.69, 9.17) is 0 Å². The predicted octanol–water partition coefficient (Wildman–Crippen LogP) is 2.97. The lowest BCUT2D eigenvalue weighted by atomic mass is 10.2. The van der Waals surface area contributed by atoms with Crippen molar-refractivity contribution in [3.8, 4) is 0 Å². The Bertz CT molecular complexity index is 970. The largest absolute Gasteiger partial charge is 0.339 e. The Kier molecular flexibility index (Phi) is 7.82. The maximum absolute atomic E-state index is 12.7. The van der Waals surface area contributed by atoms with Gasteiger partial charge in [0.25, 0.3) is 0 Å². The van der Waals surface area contributed by atoms with Crippen molar-refractivity contribution in [1.29, 1.82) is 0 Å². The van der Waals surface area contributed by atoms with Crippen LogP contribution >= 0.6 is 15.9 Å². The Labute approximate surface area is 186 Å². The second kappa shape index (κ2) is 10.3. The van der Waals surface area contributed by atoms with Crippen molar-refractivity contribution in [3.63, 3.8) is 0 Å². The van der Waals surface area contributed by atoms with E-state index in [1.807, 2.05) is 18.2 Å². The van der Waals surface area contributed by atoms with E-state index in [1.165, 1.54) is 12.1 Å². The average Bonchev–Trinajstić information content (AvgIpc) is 2.74. The van der Waals surface area contributed by atoms with Crippen LogP contribution in [0.25, 0.3) is 6.08 Å². The molecular formula is C22H26BrN3O3S. The molecule has 160 valence electrons. The molecule has 0 saturated carbocycles. The van der Waals surface area contributed by atoms with Crippen LogP contribution in [0, 0.1) is 0 Å². The molecule has 6 nitrogen and oxygen atoms in total. The number of hydrogen-bond donors (Lipinski definition) is 1. The lowest BCUT2D eigenvalue weighted by Crippen LogP contribution is -2.54. The monoisotopic (exact) mass is 491 g/mol. The molecule has 1 heterocycles. The van der Waals surface area contributed by atoms with Crippen molar-refractivity contribution < 1.29 is 13.2 Å². The second-order valence-corrected chi connectivity index (χ2v) is 9.87. The first kappa shape index (κ1) is 22.7.